The average Bonchev–Trinajstić information content (AvgIpc) is 2.56. The van der Waals surface area contributed by atoms with E-state index in [1.54, 1.807) is 32.9 Å². The van der Waals surface area contributed by atoms with E-state index in [0.717, 1.165) is 11.3 Å². The van der Waals surface area contributed by atoms with Crippen LogP contribution in [0.25, 0.3) is 0 Å². The highest BCUT2D eigenvalue weighted by molar-refractivity contribution is 5.85. The summed E-state index contributed by atoms with van der Waals surface area (Å²) in [5, 5.41) is 22.1. The Labute approximate surface area is 158 Å². The molecule has 0 aliphatic rings. The van der Waals surface area contributed by atoms with Gasteiger partial charge in [0.05, 0.1) is 17.6 Å². The number of ether oxygens (including phenoxy) is 1. The van der Waals surface area contributed by atoms with E-state index in [-0.39, 0.29) is 5.75 Å². The number of phenols is 1. The Bertz CT molecular complexity index is 883. The van der Waals surface area contributed by atoms with Crippen molar-refractivity contribution < 1.29 is 14.6 Å². The van der Waals surface area contributed by atoms with Crippen LogP contribution in [0.2, 0.25) is 0 Å². The third-order valence-electron chi connectivity index (χ3n) is 3.54. The second-order valence-corrected chi connectivity index (χ2v) is 7.08. The van der Waals surface area contributed by atoms with E-state index >= 15 is 0 Å². The molecular weight excluding hydrogens is 344 g/mol. The molecule has 0 aliphatic heterocycles. The molecule has 7 nitrogen and oxygen atoms in total. The van der Waals surface area contributed by atoms with Gasteiger partial charge in [-0.25, -0.2) is 10.2 Å². The van der Waals surface area contributed by atoms with Gasteiger partial charge in [-0.05, 0) is 76.1 Å². The van der Waals surface area contributed by atoms with Gasteiger partial charge in [-0.15, -0.1) is 0 Å². The first kappa shape index (κ1) is 20.1. The lowest BCUT2D eigenvalue weighted by atomic mass is 10.1. The molecule has 0 radical (unpaired) electrons. The third-order valence-corrected chi connectivity index (χ3v) is 3.54. The van der Waals surface area contributed by atoms with Crippen molar-refractivity contribution in [1.82, 2.24) is 5.43 Å². The van der Waals surface area contributed by atoms with Crippen LogP contribution in [0.3, 0.4) is 0 Å². The Hall–Kier alpha value is -3.22. The lowest BCUT2D eigenvalue weighted by Crippen LogP contribution is -2.29. The largest absolute Gasteiger partial charge is 0.507 e. The van der Waals surface area contributed by atoms with Gasteiger partial charge in [0.2, 0.25) is 0 Å². The number of rotatable bonds is 4. The summed E-state index contributed by atoms with van der Waals surface area (Å²) >= 11 is 0. The van der Waals surface area contributed by atoms with Crippen LogP contribution in [0.4, 0.5) is 16.2 Å². The fourth-order valence-electron chi connectivity index (χ4n) is 2.07. The van der Waals surface area contributed by atoms with Crippen molar-refractivity contribution in [1.29, 1.82) is 0 Å². The van der Waals surface area contributed by atoms with Crippen molar-refractivity contribution in [2.45, 2.75) is 40.2 Å². The minimum Gasteiger partial charge on any atom is -0.507 e. The van der Waals surface area contributed by atoms with Crippen molar-refractivity contribution in [3.8, 4) is 5.75 Å². The summed E-state index contributed by atoms with van der Waals surface area (Å²) < 4.78 is 5.08. The van der Waals surface area contributed by atoms with Gasteiger partial charge in [-0.2, -0.15) is 15.3 Å². The predicted molar refractivity (Wildman–Crippen MR) is 105 cm³/mol. The molecule has 2 aromatic carbocycles. The number of hydrogen-bond donors (Lipinski definition) is 2. The molecule has 2 rings (SSSR count). The number of carbonyl (C=O) groups is 1. The number of azo groups is 1. The zero-order valence-corrected chi connectivity index (χ0v) is 16.1. The number of amides is 1. The second-order valence-electron chi connectivity index (χ2n) is 7.08. The van der Waals surface area contributed by atoms with Gasteiger partial charge in [0.15, 0.2) is 0 Å². The number of nitrogens with zero attached hydrogens (tertiary/aromatic N) is 3. The molecular formula is C20H24N4O3. The molecule has 142 valence electrons. The van der Waals surface area contributed by atoms with E-state index in [1.807, 2.05) is 32.0 Å². The van der Waals surface area contributed by atoms with Crippen LogP contribution in [0, 0.1) is 13.8 Å². The first-order valence-corrected chi connectivity index (χ1v) is 8.48. The van der Waals surface area contributed by atoms with Crippen LogP contribution in [0.1, 0.15) is 37.5 Å². The van der Waals surface area contributed by atoms with Crippen LogP contribution >= 0.6 is 0 Å². The topological polar surface area (TPSA) is 95.6 Å². The van der Waals surface area contributed by atoms with E-state index in [0.29, 0.717) is 11.3 Å². The van der Waals surface area contributed by atoms with E-state index in [2.05, 4.69) is 20.8 Å². The van der Waals surface area contributed by atoms with E-state index in [4.69, 9.17) is 4.74 Å². The quantitative estimate of drug-likeness (QED) is 0.436. The molecule has 0 fully saturated rings. The van der Waals surface area contributed by atoms with Crippen molar-refractivity contribution in [2.24, 2.45) is 15.3 Å². The van der Waals surface area contributed by atoms with Gasteiger partial charge in [-0.1, -0.05) is 6.07 Å². The molecule has 0 saturated carbocycles. The Morgan fingerprint density at radius 2 is 1.67 bits per heavy atom. The fourth-order valence-corrected chi connectivity index (χ4v) is 2.07. The minimum absolute atomic E-state index is 0.00914. The number of nitrogens with one attached hydrogen (secondary N) is 1. The standard InChI is InChI=1S/C20H24N4O3/c1-13-6-7-16(10-14(13)2)22-23-17-8-9-18(25)15(11-17)12-21-24-19(26)27-20(3,4)5/h6-12,25H,1-5H3,(H,24,26)/b21-12+,23-22?. The van der Waals surface area contributed by atoms with E-state index < -0.39 is 11.7 Å². The summed E-state index contributed by atoms with van der Waals surface area (Å²) in [5.74, 6) is 0.00914. The maximum atomic E-state index is 11.6. The first-order valence-electron chi connectivity index (χ1n) is 8.48. The van der Waals surface area contributed by atoms with Crippen molar-refractivity contribution in [3.05, 3.63) is 53.1 Å². The Morgan fingerprint density at radius 1 is 1.04 bits per heavy atom. The molecule has 0 heterocycles. The van der Waals surface area contributed by atoms with Gasteiger partial charge in [0.25, 0.3) is 0 Å². The van der Waals surface area contributed by atoms with E-state index in [9.17, 15) is 9.90 Å². The highest BCUT2D eigenvalue weighted by Crippen LogP contribution is 2.25. The van der Waals surface area contributed by atoms with Gasteiger partial charge >= 0.3 is 6.09 Å². The molecule has 7 heteroatoms. The number of aryl methyl sites for hydroxylation is 2. The lowest BCUT2D eigenvalue weighted by Gasteiger charge is -2.18. The maximum Gasteiger partial charge on any atom is 0.428 e. The predicted octanol–water partition coefficient (Wildman–Crippen LogP) is 5.28. The first-order chi connectivity index (χ1) is 12.6. The highest BCUT2D eigenvalue weighted by Gasteiger charge is 2.15. The summed E-state index contributed by atoms with van der Waals surface area (Å²) in [5.41, 5.74) is 5.64. The summed E-state index contributed by atoms with van der Waals surface area (Å²) in [7, 11) is 0. The Kier molecular flexibility index (Phi) is 6.28. The number of carbonyl (C=O) groups excluding carboxylic acids is 1. The van der Waals surface area contributed by atoms with Crippen molar-refractivity contribution >= 4 is 23.7 Å². The van der Waals surface area contributed by atoms with Gasteiger partial charge in [0.1, 0.15) is 11.4 Å². The number of hydrazone groups is 1. The van der Waals surface area contributed by atoms with Crippen LogP contribution in [0.5, 0.6) is 5.75 Å². The molecule has 0 saturated heterocycles. The smallest absolute Gasteiger partial charge is 0.428 e. The Balaban J connectivity index is 2.09. The second kappa shape index (κ2) is 8.44. The molecule has 2 aromatic rings. The average molecular weight is 368 g/mol. The summed E-state index contributed by atoms with van der Waals surface area (Å²) in [6, 6.07) is 10.6. The van der Waals surface area contributed by atoms with Crippen LogP contribution in [-0.2, 0) is 4.74 Å². The third kappa shape index (κ3) is 6.54. The monoisotopic (exact) mass is 368 g/mol. The molecule has 0 unspecified atom stereocenters. The molecule has 27 heavy (non-hydrogen) atoms. The molecule has 0 bridgehead atoms. The van der Waals surface area contributed by atoms with E-state index in [1.165, 1.54) is 17.8 Å². The van der Waals surface area contributed by atoms with Crippen LogP contribution in [-0.4, -0.2) is 23.0 Å². The molecule has 1 amide bonds. The normalized spacial score (nSPS) is 11.9. The number of phenolic OH excluding ortho intramolecular Hbond substituents is 1. The zero-order valence-electron chi connectivity index (χ0n) is 16.1. The Morgan fingerprint density at radius 3 is 2.30 bits per heavy atom. The summed E-state index contributed by atoms with van der Waals surface area (Å²) in [6.45, 7) is 9.32. The lowest BCUT2D eigenvalue weighted by molar-refractivity contribution is 0.0529. The SMILES string of the molecule is Cc1ccc(N=Nc2ccc(O)c(/C=N/NC(=O)OC(C)(C)C)c2)cc1C. The molecule has 0 spiro atoms. The number of hydrogen-bond acceptors (Lipinski definition) is 6. The van der Waals surface area contributed by atoms with Gasteiger partial charge in [0, 0.05) is 5.56 Å². The summed E-state index contributed by atoms with van der Waals surface area (Å²) in [6.07, 6.45) is 0.637. The van der Waals surface area contributed by atoms with Gasteiger partial charge < -0.3 is 9.84 Å². The molecule has 0 aromatic heterocycles. The van der Waals surface area contributed by atoms with Crippen molar-refractivity contribution in [2.75, 3.05) is 0 Å². The minimum atomic E-state index is -0.677. The van der Waals surface area contributed by atoms with Crippen LogP contribution < -0.4 is 5.43 Å². The van der Waals surface area contributed by atoms with Crippen molar-refractivity contribution in [3.63, 3.8) is 0 Å². The van der Waals surface area contributed by atoms with Crippen LogP contribution in [0.15, 0.2) is 51.7 Å². The molecule has 2 N–H and O–H groups in total. The summed E-state index contributed by atoms with van der Waals surface area (Å²) in [4.78, 5) is 11.6. The van der Waals surface area contributed by atoms with Gasteiger partial charge in [-0.3, -0.25) is 0 Å². The number of benzene rings is 2. The highest BCUT2D eigenvalue weighted by atomic mass is 16.6. The maximum absolute atomic E-state index is 11.6. The zero-order chi connectivity index (χ0) is 20.0. The fraction of sp³-hybridized carbons (Fsp3) is 0.300. The molecule has 0 aliphatic carbocycles. The molecule has 0 atom stereocenters. The number of aromatic hydroxyl groups is 1.